The lowest BCUT2D eigenvalue weighted by atomic mass is 10.1. The highest BCUT2D eigenvalue weighted by Crippen LogP contribution is 2.41. The van der Waals surface area contributed by atoms with Gasteiger partial charge in [-0.1, -0.05) is 18.9 Å². The summed E-state index contributed by atoms with van der Waals surface area (Å²) in [5, 5.41) is 26.1. The number of likely N-dealkylation sites (tertiary alicyclic amines) is 2. The molecule has 2 aliphatic heterocycles. The summed E-state index contributed by atoms with van der Waals surface area (Å²) in [5.74, 6) is 4.74. The van der Waals surface area contributed by atoms with Gasteiger partial charge in [-0.05, 0) is 179 Å². The zero-order chi connectivity index (χ0) is 99.4. The normalized spacial score (nSPS) is 14.0. The number of nitrogens with zero attached hydrogens (tertiary/aromatic N) is 22. The molecule has 0 spiro atoms. The van der Waals surface area contributed by atoms with Crippen molar-refractivity contribution in [1.29, 1.82) is 0 Å². The Morgan fingerprint density at radius 2 is 0.851 bits per heavy atom. The number of nitrogens with two attached hydrogens (primary N) is 1. The van der Waals surface area contributed by atoms with Crippen molar-refractivity contribution in [3.8, 4) is 74.0 Å². The van der Waals surface area contributed by atoms with Crippen molar-refractivity contribution in [3.63, 3.8) is 0 Å². The summed E-state index contributed by atoms with van der Waals surface area (Å²) in [6.45, 7) is 14.8. The maximum absolute atomic E-state index is 12.4. The molecule has 0 radical (unpaired) electrons. The van der Waals surface area contributed by atoms with Crippen LogP contribution in [-0.4, -0.2) is 229 Å². The zero-order valence-electron chi connectivity index (χ0n) is 82.6. The maximum Gasteiger partial charge on any atom is 0.251 e. The number of hydrogen-bond acceptors (Lipinski definition) is 29. The number of anilines is 8. The third-order valence-corrected chi connectivity index (χ3v) is 25.1. The molecule has 18 rings (SSSR count). The van der Waals surface area contributed by atoms with Gasteiger partial charge in [-0.2, -0.15) is 15.3 Å². The number of fused-ring (bicyclic) bond motifs is 4. The van der Waals surface area contributed by atoms with Crippen molar-refractivity contribution < 1.29 is 43.1 Å². The molecule has 4 N–H and O–H groups in total. The van der Waals surface area contributed by atoms with Gasteiger partial charge in [0, 0.05) is 238 Å². The van der Waals surface area contributed by atoms with E-state index in [9.17, 15) is 9.90 Å². The molecule has 730 valence electrons. The first-order chi connectivity index (χ1) is 68.3. The number of carbonyl (C=O) groups excluding carboxylic acids is 1. The molecule has 34 heteroatoms. The van der Waals surface area contributed by atoms with Gasteiger partial charge in [0.25, 0.3) is 5.91 Å². The Hall–Kier alpha value is -15.3. The first-order valence-corrected chi connectivity index (χ1v) is 47.5. The van der Waals surface area contributed by atoms with Crippen LogP contribution < -0.4 is 63.8 Å². The fourth-order valence-corrected chi connectivity index (χ4v) is 17.7. The van der Waals surface area contributed by atoms with Crippen LogP contribution in [0.1, 0.15) is 88.0 Å². The quantitative estimate of drug-likeness (QED) is 0.0268. The van der Waals surface area contributed by atoms with E-state index >= 15 is 0 Å². The van der Waals surface area contributed by atoms with Crippen LogP contribution in [0.2, 0.25) is 0 Å². The number of pyridine rings is 1. The Labute approximate surface area is 829 Å². The van der Waals surface area contributed by atoms with E-state index < -0.39 is 5.60 Å². The van der Waals surface area contributed by atoms with Gasteiger partial charge in [0.15, 0.2) is 0 Å². The number of aliphatic imine (C=N–C) groups is 1. The molecule has 0 bridgehead atoms. The van der Waals surface area contributed by atoms with E-state index in [1.54, 1.807) is 141 Å². The van der Waals surface area contributed by atoms with E-state index in [2.05, 4.69) is 141 Å². The molecule has 2 fully saturated rings. The summed E-state index contributed by atoms with van der Waals surface area (Å²) in [7, 11) is 20.5. The lowest BCUT2D eigenvalue weighted by Crippen LogP contribution is -2.38. The summed E-state index contributed by atoms with van der Waals surface area (Å²) < 4.78 is 44.8. The molecule has 0 aliphatic carbocycles. The summed E-state index contributed by atoms with van der Waals surface area (Å²) in [5.41, 5.74) is 26.4. The number of hydrogen-bond donors (Lipinski definition) is 3. The van der Waals surface area contributed by atoms with E-state index in [1.165, 1.54) is 44.7 Å². The number of rotatable bonds is 31. The number of benzene rings is 8. The molecule has 8 aromatic heterocycles. The molecule has 2 aliphatic rings. The Bertz CT molecular complexity index is 7000. The first kappa shape index (κ1) is 100. The minimum atomic E-state index is -1.02. The molecule has 10 heterocycles. The van der Waals surface area contributed by atoms with Crippen molar-refractivity contribution >= 4 is 123 Å². The number of aliphatic hydroxyl groups is 1. The molecular weight excluding hydrogens is 1850 g/mol. The van der Waals surface area contributed by atoms with Gasteiger partial charge < -0.3 is 73.8 Å². The zero-order valence-corrected chi connectivity index (χ0v) is 84.2. The summed E-state index contributed by atoms with van der Waals surface area (Å²) in [6.07, 6.45) is 29.0. The highest BCUT2D eigenvalue weighted by atomic mass is 79.9. The van der Waals surface area contributed by atoms with Crippen LogP contribution in [0, 0.1) is 0 Å². The highest BCUT2D eigenvalue weighted by molar-refractivity contribution is 9.10. The van der Waals surface area contributed by atoms with Crippen LogP contribution in [-0.2, 0) is 27.7 Å². The van der Waals surface area contributed by atoms with Crippen molar-refractivity contribution in [3.05, 3.63) is 254 Å². The van der Waals surface area contributed by atoms with E-state index in [0.717, 1.165) is 190 Å². The number of aryl methyl sites for hydroxylation is 3. The smallest absolute Gasteiger partial charge is 0.251 e. The van der Waals surface area contributed by atoms with E-state index in [1.807, 2.05) is 172 Å². The van der Waals surface area contributed by atoms with Gasteiger partial charge in [0.2, 0.25) is 0 Å². The fourth-order valence-electron chi connectivity index (χ4n) is 17.3. The molecule has 141 heavy (non-hydrogen) atoms. The second-order valence-electron chi connectivity index (χ2n) is 35.2. The molecule has 16 aromatic rings. The number of halogens is 1. The minimum absolute atomic E-state index is 0.228. The Kier molecular flexibility index (Phi) is 33.0. The number of carbonyl (C=O) groups is 1. The average molecular weight is 1970 g/mol. The second-order valence-corrected chi connectivity index (χ2v) is 36.0. The third kappa shape index (κ3) is 25.4. The van der Waals surface area contributed by atoms with Crippen LogP contribution in [0.5, 0.6) is 40.2 Å². The second kappa shape index (κ2) is 46.5. The van der Waals surface area contributed by atoms with Crippen LogP contribution >= 0.6 is 15.9 Å². The van der Waals surface area contributed by atoms with Gasteiger partial charge >= 0.3 is 0 Å². The Morgan fingerprint density at radius 1 is 0.468 bits per heavy atom. The monoisotopic (exact) mass is 1960 g/mol. The minimum Gasteiger partial charge on any atom is -0.497 e. The lowest BCUT2D eigenvalue weighted by molar-refractivity contribution is 0.0898. The largest absolute Gasteiger partial charge is 0.497 e. The summed E-state index contributed by atoms with van der Waals surface area (Å²) in [4.78, 5) is 72.8. The van der Waals surface area contributed by atoms with Crippen LogP contribution in [0.15, 0.2) is 242 Å². The van der Waals surface area contributed by atoms with Gasteiger partial charge in [0.05, 0.1) is 184 Å². The van der Waals surface area contributed by atoms with Gasteiger partial charge in [0.1, 0.15) is 44.8 Å². The first-order valence-electron chi connectivity index (χ1n) is 46.7. The number of aromatic nitrogens is 15. The number of nitrogens with one attached hydrogen (secondary N) is 1. The average Bonchev–Trinajstić information content (AvgIpc) is 1.64. The van der Waals surface area contributed by atoms with Crippen molar-refractivity contribution in [2.45, 2.75) is 90.4 Å². The van der Waals surface area contributed by atoms with Crippen molar-refractivity contribution in [2.75, 3.05) is 129 Å². The maximum atomic E-state index is 12.4. The van der Waals surface area contributed by atoms with Crippen LogP contribution in [0.25, 0.3) is 83.5 Å². The predicted molar refractivity (Wildman–Crippen MR) is 561 cm³/mol. The molecule has 1 amide bonds. The number of methoxy groups -OCH3 is 7. The number of allylic oxidation sites excluding steroid dienone is 1. The van der Waals surface area contributed by atoms with Crippen molar-refractivity contribution in [2.24, 2.45) is 31.9 Å². The van der Waals surface area contributed by atoms with Crippen LogP contribution in [0.4, 0.5) is 45.5 Å². The van der Waals surface area contributed by atoms with E-state index in [4.69, 9.17) is 58.8 Å². The molecule has 0 saturated carbocycles. The van der Waals surface area contributed by atoms with Gasteiger partial charge in [-0.3, -0.25) is 48.7 Å². The van der Waals surface area contributed by atoms with E-state index in [-0.39, 0.29) is 12.5 Å². The van der Waals surface area contributed by atoms with Gasteiger partial charge in [-0.15, -0.1) is 0 Å². The fraction of sp³-hybridized carbons (Fsp3) is 0.308. The molecule has 2 atom stereocenters. The third-order valence-electron chi connectivity index (χ3n) is 24.7. The molecule has 2 saturated heterocycles. The Morgan fingerprint density at radius 3 is 1.23 bits per heavy atom. The summed E-state index contributed by atoms with van der Waals surface area (Å²) >= 11 is 3.48. The lowest BCUT2D eigenvalue weighted by Gasteiger charge is -2.31. The van der Waals surface area contributed by atoms with Crippen LogP contribution in [0.3, 0.4) is 0 Å². The van der Waals surface area contributed by atoms with Gasteiger partial charge in [-0.25, -0.2) is 24.9 Å². The SMILES string of the molecule is CN=CC(=CN)c1cnc2ccc(N(CCN3[C@@H](C)CC[C@@H]3C)c3cc(OC)cc(OC)c3)cc2n1.CNC(=O)c1cc(OC)cc(N(CC(C)(C)O)c2ccc3ncc(-c4cnn(C)c4)nc3c2)c1.COc1cc(OC)cc(N(CCN2CCCCCC2)c2ccc3ncc(-c4cnn(C)c4)nc3c2)c1.COc1cc(OC)cc(N(Cc2cccc(Br)n2)c2ccc3ncc(-c4cnn(C)c4)nc3c2)c1. The molecule has 0 unspecified atom stereocenters. The topological polar surface area (TPSA) is 341 Å². The standard InChI is InChI=1S/C28H34N6O2.C28H36N6O2.C26H23BrN6O2.C25H28N6O3/c1-32-20-21(18-30-32)28-19-29-26-9-8-22(16-27(26)31-28)34(13-12-33-10-6-4-5-7-11-33)23-14-24(35-2)17-25(15-23)36-3;1-19-6-7-20(2)33(19)10-11-34(23-12-24(35-4)15-25(13-23)36-5)22-8-9-26-27(14-22)32-28(18-31-26)21(16-29)17-30-3;1-32-15-17(13-29-32)25-14-28-23-8-7-19(11-24(23)31-25)33(16-18-5-4-6-26(27)30-18)20-9-21(34-2)12-22(10-20)35-3;1-25(2,33)15-31(19-8-16(24(32)26-3)9-20(10-19)34-5)18-6-7-21-22(11-18)29-23(13-27-21)17-12-28-30(4)14-17/h8-9,14-20H,4-7,10-13H2,1-3H3;8-9,12-20H,6-7,10-11,29H2,1-5H3;4-15H,16H2,1-3H3;6-14,33H,15H2,1-5H3,(H,26,32)/t;19-,20-;;/m.0../s1. The molecular formula is C107H121BrN24O9. The number of amides is 1. The molecule has 33 nitrogen and oxygen atoms in total. The van der Waals surface area contributed by atoms with Crippen molar-refractivity contribution in [1.82, 2.24) is 89.3 Å². The highest BCUT2D eigenvalue weighted by Gasteiger charge is 2.30. The predicted octanol–water partition coefficient (Wildman–Crippen LogP) is 18.6. The number of ether oxygens (including phenoxy) is 7. The summed E-state index contributed by atoms with van der Waals surface area (Å²) in [6, 6.07) is 54.4. The molecule has 8 aromatic carbocycles. The van der Waals surface area contributed by atoms with E-state index in [0.29, 0.717) is 58.3 Å². The Balaban J connectivity index is 0.000000142.